The van der Waals surface area contributed by atoms with E-state index in [0.29, 0.717) is 23.5 Å². The van der Waals surface area contributed by atoms with Crippen LogP contribution in [0.2, 0.25) is 0 Å². The van der Waals surface area contributed by atoms with Gasteiger partial charge in [-0.05, 0) is 85.7 Å². The van der Waals surface area contributed by atoms with E-state index in [1.54, 1.807) is 24.3 Å². The number of hydrogen-bond acceptors (Lipinski definition) is 4. The first kappa shape index (κ1) is 23.9. The Morgan fingerprint density at radius 1 is 1.06 bits per heavy atom. The second-order valence-corrected chi connectivity index (χ2v) is 10.9. The maximum absolute atomic E-state index is 13.5. The molecule has 0 fully saturated rings. The summed E-state index contributed by atoms with van der Waals surface area (Å²) in [6.45, 7) is 3.71. The number of H-pyrrole nitrogens is 1. The predicted octanol–water partition coefficient (Wildman–Crippen LogP) is 4.09. The zero-order chi connectivity index (χ0) is 25.3. The van der Waals surface area contributed by atoms with Crippen LogP contribution in [0, 0.1) is 0 Å². The molecule has 1 atom stereocenters. The molecule has 186 valence electrons. The van der Waals surface area contributed by atoms with Gasteiger partial charge in [0.2, 0.25) is 5.91 Å². The molecule has 1 unspecified atom stereocenters. The van der Waals surface area contributed by atoms with E-state index in [9.17, 15) is 18.0 Å². The minimum absolute atomic E-state index is 0.124. The summed E-state index contributed by atoms with van der Waals surface area (Å²) in [7, 11) is -3.85. The lowest BCUT2D eigenvalue weighted by Crippen LogP contribution is -2.40. The fraction of sp³-hybridized carbons (Fsp3) is 0.259. The van der Waals surface area contributed by atoms with Crippen LogP contribution in [0.4, 0.5) is 11.4 Å². The van der Waals surface area contributed by atoms with E-state index in [-0.39, 0.29) is 29.3 Å². The van der Waals surface area contributed by atoms with Crippen molar-refractivity contribution in [1.82, 2.24) is 10.3 Å². The number of amides is 2. The lowest BCUT2D eigenvalue weighted by atomic mass is 9.98. The number of rotatable bonds is 6. The molecule has 3 N–H and O–H groups in total. The summed E-state index contributed by atoms with van der Waals surface area (Å²) < 4.78 is 28.4. The molecule has 2 aliphatic rings. The standard InChI is InChI=1S/C27H28N4O4S/c1-2-26(32)30-23-15-16-31(25-10-6-4-8-21(23)25)36(34,35)20-13-11-19(12-14-20)28-27(33)24-17-18-7-3-5-9-22(18)29-24/h2,4,6,8,10-14,17,23,29H,1,3,5,7,9,15-16H2,(H,28,33)(H,30,32). The average Bonchev–Trinajstić information content (AvgIpc) is 3.34. The van der Waals surface area contributed by atoms with Crippen molar-refractivity contribution >= 4 is 33.2 Å². The molecule has 5 rings (SSSR count). The van der Waals surface area contributed by atoms with E-state index in [2.05, 4.69) is 22.2 Å². The van der Waals surface area contributed by atoms with Gasteiger partial charge in [0.25, 0.3) is 15.9 Å². The van der Waals surface area contributed by atoms with Gasteiger partial charge in [0.15, 0.2) is 0 Å². The monoisotopic (exact) mass is 504 g/mol. The minimum Gasteiger partial charge on any atom is -0.354 e. The normalized spacial score (nSPS) is 17.0. The fourth-order valence-electron chi connectivity index (χ4n) is 4.92. The number of fused-ring (bicyclic) bond motifs is 2. The number of aromatic nitrogens is 1. The van der Waals surface area contributed by atoms with Crippen LogP contribution in [-0.4, -0.2) is 31.8 Å². The van der Waals surface area contributed by atoms with Crippen molar-refractivity contribution in [3.63, 3.8) is 0 Å². The van der Waals surface area contributed by atoms with E-state index in [0.717, 1.165) is 36.9 Å². The largest absolute Gasteiger partial charge is 0.354 e. The molecule has 3 aromatic rings. The molecule has 2 aromatic carbocycles. The van der Waals surface area contributed by atoms with E-state index < -0.39 is 10.0 Å². The van der Waals surface area contributed by atoms with E-state index in [1.165, 1.54) is 28.1 Å². The highest BCUT2D eigenvalue weighted by molar-refractivity contribution is 7.92. The summed E-state index contributed by atoms with van der Waals surface area (Å²) in [5, 5.41) is 5.71. The van der Waals surface area contributed by atoms with Crippen LogP contribution in [0.15, 0.2) is 72.1 Å². The van der Waals surface area contributed by atoms with Crippen molar-refractivity contribution in [2.24, 2.45) is 0 Å². The van der Waals surface area contributed by atoms with Crippen LogP contribution >= 0.6 is 0 Å². The van der Waals surface area contributed by atoms with Crippen molar-refractivity contribution in [3.05, 3.63) is 89.8 Å². The zero-order valence-corrected chi connectivity index (χ0v) is 20.6. The molecule has 2 amide bonds. The van der Waals surface area contributed by atoms with Gasteiger partial charge in [0.1, 0.15) is 5.69 Å². The number of nitrogens with zero attached hydrogens (tertiary/aromatic N) is 1. The van der Waals surface area contributed by atoms with Crippen molar-refractivity contribution in [2.45, 2.75) is 43.0 Å². The number of carbonyl (C=O) groups is 2. The Hall–Kier alpha value is -3.85. The number of carbonyl (C=O) groups excluding carboxylic acids is 2. The Morgan fingerprint density at radius 2 is 1.81 bits per heavy atom. The first-order valence-electron chi connectivity index (χ1n) is 12.0. The van der Waals surface area contributed by atoms with Crippen molar-refractivity contribution in [3.8, 4) is 0 Å². The van der Waals surface area contributed by atoms with Crippen LogP contribution in [0.3, 0.4) is 0 Å². The van der Waals surface area contributed by atoms with E-state index in [1.807, 2.05) is 18.2 Å². The third kappa shape index (κ3) is 4.54. The third-order valence-corrected chi connectivity index (χ3v) is 8.59. The summed E-state index contributed by atoms with van der Waals surface area (Å²) in [5.41, 5.74) is 4.62. The first-order chi connectivity index (χ1) is 17.4. The number of aryl methyl sites for hydroxylation is 2. The van der Waals surface area contributed by atoms with Gasteiger partial charge in [0.05, 0.1) is 16.6 Å². The predicted molar refractivity (Wildman–Crippen MR) is 139 cm³/mol. The van der Waals surface area contributed by atoms with Crippen LogP contribution in [0.1, 0.15) is 52.6 Å². The van der Waals surface area contributed by atoms with Crippen molar-refractivity contribution in [1.29, 1.82) is 0 Å². The molecule has 1 aliphatic carbocycles. The van der Waals surface area contributed by atoms with Gasteiger partial charge in [-0.2, -0.15) is 0 Å². The lowest BCUT2D eigenvalue weighted by molar-refractivity contribution is -0.117. The molecule has 2 heterocycles. The Labute approximate surface area is 210 Å². The first-order valence-corrected chi connectivity index (χ1v) is 13.5. The topological polar surface area (TPSA) is 111 Å². The highest BCUT2D eigenvalue weighted by atomic mass is 32.2. The molecule has 0 saturated heterocycles. The van der Waals surface area contributed by atoms with Gasteiger partial charge < -0.3 is 15.6 Å². The summed E-state index contributed by atoms with van der Waals surface area (Å²) in [6.07, 6.45) is 5.83. The SMILES string of the molecule is C=CC(=O)NC1CCN(S(=O)(=O)c2ccc(NC(=O)c3cc4c([nH]3)CCCC4)cc2)c2ccccc21. The Morgan fingerprint density at radius 3 is 2.56 bits per heavy atom. The van der Waals surface area contributed by atoms with Gasteiger partial charge in [-0.15, -0.1) is 0 Å². The zero-order valence-electron chi connectivity index (χ0n) is 19.8. The number of aromatic amines is 1. The lowest BCUT2D eigenvalue weighted by Gasteiger charge is -2.35. The molecule has 0 spiro atoms. The maximum atomic E-state index is 13.5. The molecule has 1 aromatic heterocycles. The second kappa shape index (κ2) is 9.66. The van der Waals surface area contributed by atoms with Crippen LogP contribution in [0.25, 0.3) is 0 Å². The summed E-state index contributed by atoms with van der Waals surface area (Å²) in [5.74, 6) is -0.555. The Balaban J connectivity index is 1.34. The molecular weight excluding hydrogens is 476 g/mol. The van der Waals surface area contributed by atoms with Gasteiger partial charge in [-0.1, -0.05) is 24.8 Å². The average molecular weight is 505 g/mol. The molecule has 0 bridgehead atoms. The van der Waals surface area contributed by atoms with Gasteiger partial charge in [-0.25, -0.2) is 8.42 Å². The van der Waals surface area contributed by atoms with Gasteiger partial charge >= 0.3 is 0 Å². The molecule has 1 aliphatic heterocycles. The number of para-hydroxylation sites is 1. The molecule has 36 heavy (non-hydrogen) atoms. The number of sulfonamides is 1. The smallest absolute Gasteiger partial charge is 0.272 e. The van der Waals surface area contributed by atoms with Crippen molar-refractivity contribution in [2.75, 3.05) is 16.2 Å². The summed E-state index contributed by atoms with van der Waals surface area (Å²) in [4.78, 5) is 27.9. The molecular formula is C27H28N4O4S. The second-order valence-electron chi connectivity index (χ2n) is 9.06. The molecule has 9 heteroatoms. The summed E-state index contributed by atoms with van der Waals surface area (Å²) >= 11 is 0. The van der Waals surface area contributed by atoms with E-state index in [4.69, 9.17) is 0 Å². The fourth-order valence-corrected chi connectivity index (χ4v) is 6.43. The molecule has 0 saturated carbocycles. The number of hydrogen-bond donors (Lipinski definition) is 3. The number of nitrogens with one attached hydrogen (secondary N) is 3. The molecule has 0 radical (unpaired) electrons. The highest BCUT2D eigenvalue weighted by Gasteiger charge is 2.33. The quantitative estimate of drug-likeness (QED) is 0.439. The Bertz CT molecular complexity index is 1400. The van der Waals surface area contributed by atoms with E-state index >= 15 is 0 Å². The number of benzene rings is 2. The number of anilines is 2. The van der Waals surface area contributed by atoms with Gasteiger partial charge in [0, 0.05) is 17.9 Å². The third-order valence-electron chi connectivity index (χ3n) is 6.76. The van der Waals surface area contributed by atoms with Crippen LogP contribution in [0.5, 0.6) is 0 Å². The maximum Gasteiger partial charge on any atom is 0.272 e. The van der Waals surface area contributed by atoms with Crippen molar-refractivity contribution < 1.29 is 18.0 Å². The Kier molecular flexibility index (Phi) is 6.40. The molecule has 8 nitrogen and oxygen atoms in total. The van der Waals surface area contributed by atoms with Crippen LogP contribution in [-0.2, 0) is 27.7 Å². The highest BCUT2D eigenvalue weighted by Crippen LogP contribution is 2.37. The van der Waals surface area contributed by atoms with Crippen LogP contribution < -0.4 is 14.9 Å². The summed E-state index contributed by atoms with van der Waals surface area (Å²) in [6, 6.07) is 14.9. The van der Waals surface area contributed by atoms with Gasteiger partial charge in [-0.3, -0.25) is 13.9 Å². The minimum atomic E-state index is -3.85.